The maximum absolute atomic E-state index is 10.9. The largest absolute Gasteiger partial charge is 0.469 e. The van der Waals surface area contributed by atoms with Crippen molar-refractivity contribution in [1.29, 1.82) is 0 Å². The number of carbonyl (C=O) groups is 2. The Bertz CT molecular complexity index is 198. The van der Waals surface area contributed by atoms with Crippen molar-refractivity contribution in [1.82, 2.24) is 5.32 Å². The van der Waals surface area contributed by atoms with Crippen molar-refractivity contribution in [3.8, 4) is 0 Å². The van der Waals surface area contributed by atoms with Crippen LogP contribution >= 0.6 is 15.9 Å². The first-order valence-electron chi connectivity index (χ1n) is 4.11. The fourth-order valence-electron chi connectivity index (χ4n) is 0.733. The van der Waals surface area contributed by atoms with Crippen LogP contribution in [0.25, 0.3) is 0 Å². The van der Waals surface area contributed by atoms with Crippen molar-refractivity contribution in [2.24, 2.45) is 0 Å². The summed E-state index contributed by atoms with van der Waals surface area (Å²) in [6.07, 6.45) is 0.289. The van der Waals surface area contributed by atoms with Gasteiger partial charge in [0.2, 0.25) is 0 Å². The van der Waals surface area contributed by atoms with Gasteiger partial charge in [-0.1, -0.05) is 15.9 Å². The lowest BCUT2D eigenvalue weighted by molar-refractivity contribution is -0.140. The first-order chi connectivity index (χ1) is 6.61. The van der Waals surface area contributed by atoms with E-state index in [1.807, 2.05) is 0 Å². The van der Waals surface area contributed by atoms with Gasteiger partial charge in [-0.25, -0.2) is 0 Å². The van der Waals surface area contributed by atoms with E-state index in [2.05, 4.69) is 30.7 Å². The molecule has 1 atom stereocenters. The molecule has 14 heavy (non-hydrogen) atoms. The smallest absolute Gasteiger partial charge is 0.320 e. The molecule has 0 heterocycles. The summed E-state index contributed by atoms with van der Waals surface area (Å²) in [7, 11) is 2.66. The third-order valence-corrected chi connectivity index (χ3v) is 2.21. The topological polar surface area (TPSA) is 64.6 Å². The SMILES string of the molecule is COC(=O)CCNCC(Br)C(=O)OC. The number of carbonyl (C=O) groups excluding carboxylic acids is 2. The van der Waals surface area contributed by atoms with E-state index in [1.54, 1.807) is 0 Å². The summed E-state index contributed by atoms with van der Waals surface area (Å²) in [5.74, 6) is -0.614. The molecule has 0 spiro atoms. The lowest BCUT2D eigenvalue weighted by Gasteiger charge is -2.08. The highest BCUT2D eigenvalue weighted by molar-refractivity contribution is 9.10. The van der Waals surface area contributed by atoms with Gasteiger partial charge in [0.15, 0.2) is 0 Å². The highest BCUT2D eigenvalue weighted by Gasteiger charge is 2.14. The number of alkyl halides is 1. The van der Waals surface area contributed by atoms with Gasteiger partial charge in [-0.2, -0.15) is 0 Å². The van der Waals surface area contributed by atoms with Crippen molar-refractivity contribution in [3.63, 3.8) is 0 Å². The Labute approximate surface area is 91.3 Å². The third-order valence-electron chi connectivity index (χ3n) is 1.51. The number of rotatable bonds is 6. The third kappa shape index (κ3) is 5.93. The zero-order valence-corrected chi connectivity index (χ0v) is 9.80. The molecule has 0 aliphatic carbocycles. The van der Waals surface area contributed by atoms with Gasteiger partial charge in [0.05, 0.1) is 20.6 Å². The van der Waals surface area contributed by atoms with E-state index in [-0.39, 0.29) is 23.2 Å². The minimum Gasteiger partial charge on any atom is -0.469 e. The van der Waals surface area contributed by atoms with Crippen LogP contribution in [0.4, 0.5) is 0 Å². The molecule has 0 radical (unpaired) electrons. The molecule has 0 bridgehead atoms. The first kappa shape index (κ1) is 13.4. The quantitative estimate of drug-likeness (QED) is 0.420. The summed E-state index contributed by atoms with van der Waals surface area (Å²) in [4.78, 5) is 21.2. The first-order valence-corrected chi connectivity index (χ1v) is 5.02. The summed E-state index contributed by atoms with van der Waals surface area (Å²) in [6, 6.07) is 0. The molecule has 0 saturated heterocycles. The highest BCUT2D eigenvalue weighted by atomic mass is 79.9. The predicted molar refractivity (Wildman–Crippen MR) is 54.2 cm³/mol. The zero-order chi connectivity index (χ0) is 11.0. The van der Waals surface area contributed by atoms with Crippen LogP contribution in [0.5, 0.6) is 0 Å². The Hall–Kier alpha value is -0.620. The number of hydrogen-bond acceptors (Lipinski definition) is 5. The Kier molecular flexibility index (Phi) is 7.41. The van der Waals surface area contributed by atoms with Crippen molar-refractivity contribution < 1.29 is 19.1 Å². The van der Waals surface area contributed by atoms with Gasteiger partial charge in [0.1, 0.15) is 4.83 Å². The van der Waals surface area contributed by atoms with Gasteiger partial charge in [-0.3, -0.25) is 9.59 Å². The molecule has 0 aliphatic rings. The summed E-state index contributed by atoms with van der Waals surface area (Å²) < 4.78 is 8.94. The molecular formula is C8H14BrNO4. The normalized spacial score (nSPS) is 11.9. The van der Waals surface area contributed by atoms with Crippen LogP contribution in [-0.2, 0) is 19.1 Å². The van der Waals surface area contributed by atoms with Crippen molar-refractivity contribution in [3.05, 3.63) is 0 Å². The van der Waals surface area contributed by atoms with E-state index in [1.165, 1.54) is 14.2 Å². The number of hydrogen-bond donors (Lipinski definition) is 1. The van der Waals surface area contributed by atoms with E-state index in [9.17, 15) is 9.59 Å². The molecular weight excluding hydrogens is 254 g/mol. The van der Waals surface area contributed by atoms with Crippen LogP contribution in [0.15, 0.2) is 0 Å². The minimum absolute atomic E-state index is 0.276. The molecule has 1 unspecified atom stereocenters. The second-order valence-electron chi connectivity index (χ2n) is 2.52. The molecule has 0 aliphatic heterocycles. The Morgan fingerprint density at radius 1 is 1.36 bits per heavy atom. The van der Waals surface area contributed by atoms with Crippen LogP contribution in [0.1, 0.15) is 6.42 Å². The van der Waals surface area contributed by atoms with Gasteiger partial charge in [0.25, 0.3) is 0 Å². The fourth-order valence-corrected chi connectivity index (χ4v) is 1.15. The van der Waals surface area contributed by atoms with E-state index in [4.69, 9.17) is 0 Å². The van der Waals surface area contributed by atoms with Gasteiger partial charge < -0.3 is 14.8 Å². The molecule has 0 fully saturated rings. The number of methoxy groups -OCH3 is 2. The average Bonchev–Trinajstić information content (AvgIpc) is 2.22. The maximum Gasteiger partial charge on any atom is 0.320 e. The Balaban J connectivity index is 3.45. The standard InChI is InChI=1S/C8H14BrNO4/c1-13-7(11)3-4-10-5-6(9)8(12)14-2/h6,10H,3-5H2,1-2H3. The van der Waals surface area contributed by atoms with Gasteiger partial charge >= 0.3 is 11.9 Å². The van der Waals surface area contributed by atoms with Crippen molar-refractivity contribution in [2.75, 3.05) is 27.3 Å². The van der Waals surface area contributed by atoms with Gasteiger partial charge in [-0.05, 0) is 0 Å². The fraction of sp³-hybridized carbons (Fsp3) is 0.750. The monoisotopic (exact) mass is 267 g/mol. The second-order valence-corrected chi connectivity index (χ2v) is 3.63. The van der Waals surface area contributed by atoms with Crippen molar-refractivity contribution >= 4 is 27.9 Å². The van der Waals surface area contributed by atoms with Gasteiger partial charge in [-0.15, -0.1) is 0 Å². The predicted octanol–water partition coefficient (Wildman–Crippen LogP) is 0.0756. The summed E-state index contributed by atoms with van der Waals surface area (Å²) >= 11 is 3.13. The average molecular weight is 268 g/mol. The maximum atomic E-state index is 10.9. The number of ether oxygens (including phenoxy) is 2. The molecule has 0 amide bonds. The second kappa shape index (κ2) is 7.75. The Morgan fingerprint density at radius 3 is 2.50 bits per heavy atom. The van der Waals surface area contributed by atoms with Crippen LogP contribution in [0.3, 0.4) is 0 Å². The van der Waals surface area contributed by atoms with E-state index in [0.29, 0.717) is 13.1 Å². The summed E-state index contributed by atoms with van der Waals surface area (Å²) in [6.45, 7) is 0.898. The van der Waals surface area contributed by atoms with E-state index < -0.39 is 0 Å². The molecule has 0 aromatic carbocycles. The summed E-state index contributed by atoms with van der Waals surface area (Å²) in [5.41, 5.74) is 0. The van der Waals surface area contributed by atoms with Crippen LogP contribution < -0.4 is 5.32 Å². The number of nitrogens with one attached hydrogen (secondary N) is 1. The van der Waals surface area contributed by atoms with Gasteiger partial charge in [0, 0.05) is 13.1 Å². The molecule has 6 heteroatoms. The lowest BCUT2D eigenvalue weighted by atomic mass is 10.4. The molecule has 0 saturated carbocycles. The molecule has 0 aromatic rings. The van der Waals surface area contributed by atoms with Crippen LogP contribution in [-0.4, -0.2) is 44.1 Å². The zero-order valence-electron chi connectivity index (χ0n) is 8.21. The summed E-state index contributed by atoms with van der Waals surface area (Å²) in [5, 5.41) is 2.92. The molecule has 0 aromatic heterocycles. The molecule has 0 rings (SSSR count). The van der Waals surface area contributed by atoms with Crippen LogP contribution in [0, 0.1) is 0 Å². The van der Waals surface area contributed by atoms with Crippen LogP contribution in [0.2, 0.25) is 0 Å². The number of halogens is 1. The molecule has 5 nitrogen and oxygen atoms in total. The van der Waals surface area contributed by atoms with E-state index in [0.717, 1.165) is 0 Å². The minimum atomic E-state index is -0.384. The highest BCUT2D eigenvalue weighted by Crippen LogP contribution is 1.99. The molecule has 1 N–H and O–H groups in total. The molecule has 82 valence electrons. The number of esters is 2. The van der Waals surface area contributed by atoms with E-state index >= 15 is 0 Å². The lowest BCUT2D eigenvalue weighted by Crippen LogP contribution is -2.31. The van der Waals surface area contributed by atoms with Crippen molar-refractivity contribution in [2.45, 2.75) is 11.2 Å². The Morgan fingerprint density at radius 2 is 2.00 bits per heavy atom.